The molecule has 0 amide bonds. The molecule has 0 saturated carbocycles. The zero-order valence-electron chi connectivity index (χ0n) is 12.2. The second kappa shape index (κ2) is 6.47. The summed E-state index contributed by atoms with van der Waals surface area (Å²) in [6.45, 7) is 4.29. The van der Waals surface area contributed by atoms with E-state index in [1.54, 1.807) is 13.2 Å². The molecule has 0 aliphatic carbocycles. The minimum Gasteiger partial charge on any atom is -0.480 e. The summed E-state index contributed by atoms with van der Waals surface area (Å²) in [7, 11) is 1.56. The molecule has 0 bridgehead atoms. The SMILES string of the molecule is CCC(C)n1ccc(CC(N)c2ccc(OC)nn2)n1. The van der Waals surface area contributed by atoms with Crippen LogP contribution in [0.2, 0.25) is 0 Å². The number of hydrogen-bond acceptors (Lipinski definition) is 5. The predicted molar refractivity (Wildman–Crippen MR) is 76.4 cm³/mol. The van der Waals surface area contributed by atoms with E-state index in [-0.39, 0.29) is 6.04 Å². The lowest BCUT2D eigenvalue weighted by Crippen LogP contribution is -2.16. The van der Waals surface area contributed by atoms with Crippen molar-refractivity contribution in [3.63, 3.8) is 0 Å². The lowest BCUT2D eigenvalue weighted by Gasteiger charge is -2.10. The highest BCUT2D eigenvalue weighted by Crippen LogP contribution is 2.16. The minimum atomic E-state index is -0.214. The fraction of sp³-hybridized carbons (Fsp3) is 0.500. The summed E-state index contributed by atoms with van der Waals surface area (Å²) in [5.41, 5.74) is 7.85. The van der Waals surface area contributed by atoms with Crippen LogP contribution in [0.4, 0.5) is 0 Å². The third-order valence-corrected chi connectivity index (χ3v) is 3.38. The van der Waals surface area contributed by atoms with Crippen LogP contribution >= 0.6 is 0 Å². The number of aromatic nitrogens is 4. The molecule has 2 atom stereocenters. The number of nitrogens with two attached hydrogens (primary N) is 1. The zero-order chi connectivity index (χ0) is 14.5. The molecule has 2 rings (SSSR count). The quantitative estimate of drug-likeness (QED) is 0.871. The van der Waals surface area contributed by atoms with E-state index in [1.807, 2.05) is 23.0 Å². The lowest BCUT2D eigenvalue weighted by molar-refractivity contribution is 0.390. The van der Waals surface area contributed by atoms with Crippen molar-refractivity contribution >= 4 is 0 Å². The Hall–Kier alpha value is -1.95. The summed E-state index contributed by atoms with van der Waals surface area (Å²) in [5.74, 6) is 0.488. The van der Waals surface area contributed by atoms with Crippen LogP contribution in [0.25, 0.3) is 0 Å². The largest absolute Gasteiger partial charge is 0.480 e. The van der Waals surface area contributed by atoms with Gasteiger partial charge in [0.15, 0.2) is 0 Å². The van der Waals surface area contributed by atoms with Crippen LogP contribution in [-0.4, -0.2) is 27.1 Å². The second-order valence-electron chi connectivity index (χ2n) is 4.86. The number of ether oxygens (including phenoxy) is 1. The highest BCUT2D eigenvalue weighted by Gasteiger charge is 2.12. The predicted octanol–water partition coefficient (Wildman–Crippen LogP) is 1.90. The summed E-state index contributed by atoms with van der Waals surface area (Å²) >= 11 is 0. The fourth-order valence-corrected chi connectivity index (χ4v) is 1.89. The molecule has 2 N–H and O–H groups in total. The molecular formula is C14H21N5O. The van der Waals surface area contributed by atoms with Crippen LogP contribution in [0.5, 0.6) is 5.88 Å². The molecule has 2 aromatic rings. The Morgan fingerprint density at radius 2 is 2.10 bits per heavy atom. The van der Waals surface area contributed by atoms with Gasteiger partial charge in [0, 0.05) is 24.7 Å². The van der Waals surface area contributed by atoms with Gasteiger partial charge < -0.3 is 10.5 Å². The third-order valence-electron chi connectivity index (χ3n) is 3.38. The molecule has 0 fully saturated rings. The Kier molecular flexibility index (Phi) is 4.68. The lowest BCUT2D eigenvalue weighted by atomic mass is 10.1. The standard InChI is InChI=1S/C14H21N5O/c1-4-10(2)19-8-7-11(18-19)9-12(15)13-5-6-14(20-3)17-16-13/h5-8,10,12H,4,9,15H2,1-3H3. The topological polar surface area (TPSA) is 78.9 Å². The van der Waals surface area contributed by atoms with Gasteiger partial charge in [-0.05, 0) is 25.5 Å². The van der Waals surface area contributed by atoms with Crippen molar-refractivity contribution in [2.45, 2.75) is 38.8 Å². The van der Waals surface area contributed by atoms with E-state index in [9.17, 15) is 0 Å². The van der Waals surface area contributed by atoms with Crippen LogP contribution in [0, 0.1) is 0 Å². The smallest absolute Gasteiger partial charge is 0.233 e. The Balaban J connectivity index is 2.03. The molecule has 0 spiro atoms. The van der Waals surface area contributed by atoms with Crippen molar-refractivity contribution < 1.29 is 4.74 Å². The molecular weight excluding hydrogens is 254 g/mol. The van der Waals surface area contributed by atoms with Gasteiger partial charge in [0.2, 0.25) is 5.88 Å². The van der Waals surface area contributed by atoms with Crippen LogP contribution in [0.15, 0.2) is 24.4 Å². The maximum Gasteiger partial charge on any atom is 0.233 e. The van der Waals surface area contributed by atoms with Crippen molar-refractivity contribution in [3.05, 3.63) is 35.8 Å². The van der Waals surface area contributed by atoms with Crippen LogP contribution in [0.3, 0.4) is 0 Å². The van der Waals surface area contributed by atoms with Gasteiger partial charge in [0.1, 0.15) is 0 Å². The van der Waals surface area contributed by atoms with Crippen molar-refractivity contribution in [1.82, 2.24) is 20.0 Å². The first-order valence-corrected chi connectivity index (χ1v) is 6.81. The van der Waals surface area contributed by atoms with E-state index in [0.29, 0.717) is 18.3 Å². The maximum absolute atomic E-state index is 6.14. The van der Waals surface area contributed by atoms with E-state index in [1.165, 1.54) is 0 Å². The third kappa shape index (κ3) is 3.33. The van der Waals surface area contributed by atoms with E-state index in [2.05, 4.69) is 29.1 Å². The fourth-order valence-electron chi connectivity index (χ4n) is 1.89. The van der Waals surface area contributed by atoms with E-state index in [0.717, 1.165) is 17.8 Å². The Morgan fingerprint density at radius 3 is 2.70 bits per heavy atom. The monoisotopic (exact) mass is 275 g/mol. The summed E-state index contributed by atoms with van der Waals surface area (Å²) in [6, 6.07) is 5.79. The maximum atomic E-state index is 6.14. The molecule has 2 aromatic heterocycles. The Labute approximate surface area is 119 Å². The molecule has 2 heterocycles. The highest BCUT2D eigenvalue weighted by atomic mass is 16.5. The van der Waals surface area contributed by atoms with Crippen LogP contribution in [0.1, 0.15) is 43.7 Å². The average molecular weight is 275 g/mol. The van der Waals surface area contributed by atoms with Gasteiger partial charge in [-0.25, -0.2) is 0 Å². The minimum absolute atomic E-state index is 0.214. The second-order valence-corrected chi connectivity index (χ2v) is 4.86. The van der Waals surface area contributed by atoms with Gasteiger partial charge in [-0.1, -0.05) is 6.92 Å². The Bertz CT molecular complexity index is 537. The average Bonchev–Trinajstić information content (AvgIpc) is 2.95. The molecule has 0 radical (unpaired) electrons. The molecule has 0 aromatic carbocycles. The van der Waals surface area contributed by atoms with Gasteiger partial charge in [-0.15, -0.1) is 5.10 Å². The zero-order valence-corrected chi connectivity index (χ0v) is 12.2. The number of nitrogens with zero attached hydrogens (tertiary/aromatic N) is 4. The van der Waals surface area contributed by atoms with Crippen molar-refractivity contribution in [2.75, 3.05) is 7.11 Å². The van der Waals surface area contributed by atoms with Crippen molar-refractivity contribution in [1.29, 1.82) is 0 Å². The first-order valence-electron chi connectivity index (χ1n) is 6.81. The molecule has 0 aliphatic heterocycles. The number of methoxy groups -OCH3 is 1. The molecule has 20 heavy (non-hydrogen) atoms. The van der Waals surface area contributed by atoms with Gasteiger partial charge in [0.05, 0.1) is 24.5 Å². The Morgan fingerprint density at radius 1 is 1.30 bits per heavy atom. The van der Waals surface area contributed by atoms with Crippen LogP contribution < -0.4 is 10.5 Å². The molecule has 0 aliphatic rings. The first kappa shape index (κ1) is 14.5. The molecule has 6 heteroatoms. The summed E-state index contributed by atoms with van der Waals surface area (Å²) in [5, 5.41) is 12.5. The van der Waals surface area contributed by atoms with Gasteiger partial charge in [-0.3, -0.25) is 4.68 Å². The molecule has 6 nitrogen and oxygen atoms in total. The van der Waals surface area contributed by atoms with E-state index >= 15 is 0 Å². The van der Waals surface area contributed by atoms with Crippen molar-refractivity contribution in [2.24, 2.45) is 5.73 Å². The number of rotatable bonds is 6. The summed E-state index contributed by atoms with van der Waals surface area (Å²) in [6.07, 6.45) is 3.69. The number of hydrogen-bond donors (Lipinski definition) is 1. The first-order chi connectivity index (χ1) is 9.63. The van der Waals surface area contributed by atoms with E-state index < -0.39 is 0 Å². The van der Waals surface area contributed by atoms with Gasteiger partial charge >= 0.3 is 0 Å². The molecule has 0 saturated heterocycles. The van der Waals surface area contributed by atoms with Gasteiger partial charge in [-0.2, -0.15) is 10.2 Å². The van der Waals surface area contributed by atoms with Crippen molar-refractivity contribution in [3.8, 4) is 5.88 Å². The summed E-state index contributed by atoms with van der Waals surface area (Å²) in [4.78, 5) is 0. The highest BCUT2D eigenvalue weighted by molar-refractivity contribution is 5.15. The van der Waals surface area contributed by atoms with Crippen LogP contribution in [-0.2, 0) is 6.42 Å². The summed E-state index contributed by atoms with van der Waals surface area (Å²) < 4.78 is 6.95. The van der Waals surface area contributed by atoms with Gasteiger partial charge in [0.25, 0.3) is 0 Å². The van der Waals surface area contributed by atoms with E-state index in [4.69, 9.17) is 10.5 Å². The normalized spacial score (nSPS) is 14.0. The molecule has 108 valence electrons. The molecule has 2 unspecified atom stereocenters.